The molecule has 3 rings (SSSR count). The van der Waals surface area contributed by atoms with Crippen molar-refractivity contribution in [2.45, 2.75) is 51.4 Å². The molecular weight excluding hydrogens is 354 g/mol. The molecule has 1 saturated carbocycles. The summed E-state index contributed by atoms with van der Waals surface area (Å²) in [7, 11) is 1.27. The van der Waals surface area contributed by atoms with Gasteiger partial charge in [0.05, 0.1) is 7.11 Å². The number of ether oxygens (including phenoxy) is 2. The number of hydrogen-bond acceptors (Lipinski definition) is 5. The van der Waals surface area contributed by atoms with Crippen LogP contribution in [0.25, 0.3) is 0 Å². The van der Waals surface area contributed by atoms with Crippen LogP contribution in [0, 0.1) is 5.92 Å². The molecule has 148 valence electrons. The van der Waals surface area contributed by atoms with E-state index in [9.17, 15) is 9.59 Å². The maximum atomic E-state index is 12.3. The quantitative estimate of drug-likeness (QED) is 0.511. The van der Waals surface area contributed by atoms with Crippen LogP contribution in [0.15, 0.2) is 42.5 Å². The minimum atomic E-state index is -0.599. The normalized spacial score (nSPS) is 19.1. The van der Waals surface area contributed by atoms with Crippen molar-refractivity contribution in [3.05, 3.63) is 59.4 Å². The number of rotatable bonds is 6. The fourth-order valence-electron chi connectivity index (χ4n) is 3.93. The summed E-state index contributed by atoms with van der Waals surface area (Å²) in [6.45, 7) is 2.26. The van der Waals surface area contributed by atoms with Gasteiger partial charge in [0, 0.05) is 0 Å². The zero-order valence-electron chi connectivity index (χ0n) is 16.5. The molecule has 0 N–H and O–H groups in total. The summed E-state index contributed by atoms with van der Waals surface area (Å²) in [6, 6.07) is 12.3. The van der Waals surface area contributed by atoms with Crippen molar-refractivity contribution >= 4 is 11.9 Å². The lowest BCUT2D eigenvalue weighted by Crippen LogP contribution is -2.14. The van der Waals surface area contributed by atoms with Gasteiger partial charge < -0.3 is 9.47 Å². The predicted molar refractivity (Wildman–Crippen MR) is 107 cm³/mol. The van der Waals surface area contributed by atoms with Crippen molar-refractivity contribution in [2.24, 2.45) is 5.92 Å². The number of methoxy groups -OCH3 is 1. The topological polar surface area (TPSA) is 65.5 Å². The smallest absolute Gasteiger partial charge is 0.362 e. The van der Waals surface area contributed by atoms with Crippen molar-refractivity contribution in [3.8, 4) is 5.75 Å². The van der Waals surface area contributed by atoms with E-state index in [-0.39, 0.29) is 11.4 Å². The average molecular weight is 381 g/mol. The third-order valence-electron chi connectivity index (χ3n) is 5.46. The zero-order chi connectivity index (χ0) is 19.9. The fraction of sp³-hybridized carbons (Fsp3) is 0.435. The summed E-state index contributed by atoms with van der Waals surface area (Å²) in [5.41, 5.74) is 1.45. The van der Waals surface area contributed by atoms with Crippen LogP contribution in [-0.4, -0.2) is 24.0 Å². The van der Waals surface area contributed by atoms with Crippen molar-refractivity contribution in [3.63, 3.8) is 0 Å². The minimum absolute atomic E-state index is 0.0706. The highest BCUT2D eigenvalue weighted by Crippen LogP contribution is 2.37. The van der Waals surface area contributed by atoms with Gasteiger partial charge in [-0.2, -0.15) is 0 Å². The largest absolute Gasteiger partial charge is 0.464 e. The van der Waals surface area contributed by atoms with E-state index in [2.05, 4.69) is 16.6 Å². The summed E-state index contributed by atoms with van der Waals surface area (Å²) >= 11 is 0. The van der Waals surface area contributed by atoms with Crippen LogP contribution in [0.5, 0.6) is 5.75 Å². The van der Waals surface area contributed by atoms with Gasteiger partial charge in [0.25, 0.3) is 0 Å². The number of nitrogens with zero attached hydrogens (tertiary/aromatic N) is 1. The summed E-state index contributed by atoms with van der Waals surface area (Å²) < 4.78 is 10.0. The fourth-order valence-corrected chi connectivity index (χ4v) is 3.93. The number of carbonyl (C=O) groups excluding carboxylic acids is 2. The number of carbonyl (C=O) groups is 2. The second kappa shape index (κ2) is 9.49. The molecule has 0 atom stereocenters. The maximum Gasteiger partial charge on any atom is 0.362 e. The Kier molecular flexibility index (Phi) is 6.80. The van der Waals surface area contributed by atoms with Crippen LogP contribution in [0.2, 0.25) is 0 Å². The lowest BCUT2D eigenvalue weighted by Gasteiger charge is -2.28. The van der Waals surface area contributed by atoms with Gasteiger partial charge in [-0.1, -0.05) is 38.0 Å². The van der Waals surface area contributed by atoms with Gasteiger partial charge in [-0.25, -0.2) is 14.6 Å². The number of hydrogen-bond donors (Lipinski definition) is 0. The molecule has 0 amide bonds. The third-order valence-corrected chi connectivity index (χ3v) is 5.46. The Hall–Kier alpha value is -2.69. The molecule has 0 unspecified atom stereocenters. The van der Waals surface area contributed by atoms with Crippen molar-refractivity contribution in [1.29, 1.82) is 0 Å². The van der Waals surface area contributed by atoms with Crippen LogP contribution in [0.3, 0.4) is 0 Å². The van der Waals surface area contributed by atoms with Crippen molar-refractivity contribution in [2.75, 3.05) is 7.11 Å². The van der Waals surface area contributed by atoms with Gasteiger partial charge in [0.2, 0.25) is 0 Å². The van der Waals surface area contributed by atoms with Gasteiger partial charge in [0.1, 0.15) is 17.1 Å². The lowest BCUT2D eigenvalue weighted by molar-refractivity contribution is 0.0593. The predicted octanol–water partition coefficient (Wildman–Crippen LogP) is 5.16. The molecule has 1 fully saturated rings. The lowest BCUT2D eigenvalue weighted by atomic mass is 9.77. The van der Waals surface area contributed by atoms with Crippen LogP contribution in [-0.2, 0) is 4.74 Å². The van der Waals surface area contributed by atoms with E-state index in [0.717, 1.165) is 5.92 Å². The Morgan fingerprint density at radius 2 is 1.61 bits per heavy atom. The van der Waals surface area contributed by atoms with E-state index < -0.39 is 11.9 Å². The van der Waals surface area contributed by atoms with Gasteiger partial charge in [-0.3, -0.25) is 0 Å². The second-order valence-electron chi connectivity index (χ2n) is 7.36. The molecule has 0 bridgehead atoms. The molecule has 1 aromatic carbocycles. The van der Waals surface area contributed by atoms with Crippen LogP contribution < -0.4 is 4.74 Å². The molecule has 0 radical (unpaired) electrons. The van der Waals surface area contributed by atoms with E-state index in [1.165, 1.54) is 63.3 Å². The molecule has 0 aliphatic heterocycles. The summed E-state index contributed by atoms with van der Waals surface area (Å²) in [5, 5.41) is 0. The van der Waals surface area contributed by atoms with Crippen LogP contribution in [0.4, 0.5) is 0 Å². The highest BCUT2D eigenvalue weighted by atomic mass is 16.5. The molecule has 1 aliphatic carbocycles. The summed E-state index contributed by atoms with van der Waals surface area (Å²) in [4.78, 5) is 27.9. The summed E-state index contributed by atoms with van der Waals surface area (Å²) in [6.07, 6.45) is 7.68. The number of esters is 2. The Balaban J connectivity index is 1.60. The first-order chi connectivity index (χ1) is 13.6. The molecule has 5 nitrogen and oxygen atoms in total. The first-order valence-electron chi connectivity index (χ1n) is 9.98. The van der Waals surface area contributed by atoms with E-state index in [4.69, 9.17) is 4.74 Å². The molecule has 1 aromatic heterocycles. The van der Waals surface area contributed by atoms with Crippen molar-refractivity contribution in [1.82, 2.24) is 4.98 Å². The molecule has 2 aromatic rings. The molecule has 0 spiro atoms. The van der Waals surface area contributed by atoms with Gasteiger partial charge in [-0.15, -0.1) is 0 Å². The first kappa shape index (κ1) is 20.1. The van der Waals surface area contributed by atoms with E-state index in [0.29, 0.717) is 11.7 Å². The van der Waals surface area contributed by atoms with E-state index in [1.54, 1.807) is 6.07 Å². The third kappa shape index (κ3) is 4.97. The molecule has 1 aliphatic rings. The van der Waals surface area contributed by atoms with Gasteiger partial charge in [-0.05, 0) is 67.3 Å². The molecule has 5 heteroatoms. The Bertz CT molecular complexity index is 808. The van der Waals surface area contributed by atoms with E-state index in [1.807, 2.05) is 24.3 Å². The highest BCUT2D eigenvalue weighted by Gasteiger charge is 2.22. The molecular formula is C23H27NO4. The average Bonchev–Trinajstić information content (AvgIpc) is 2.74. The van der Waals surface area contributed by atoms with E-state index >= 15 is 0 Å². The Morgan fingerprint density at radius 1 is 0.964 bits per heavy atom. The monoisotopic (exact) mass is 381 g/mol. The highest BCUT2D eigenvalue weighted by molar-refractivity contribution is 5.92. The standard InChI is InChI=1S/C23H27NO4/c1-3-5-16-8-10-17(11-9-16)18-12-14-19(15-13-18)28-23(26)21-7-4-6-20(24-21)22(25)27-2/h4,6-7,12-17H,3,5,8-11H2,1-2H3. The van der Waals surface area contributed by atoms with Crippen molar-refractivity contribution < 1.29 is 19.1 Å². The number of benzene rings is 1. The second-order valence-corrected chi connectivity index (χ2v) is 7.36. The van der Waals surface area contributed by atoms with Gasteiger partial charge >= 0.3 is 11.9 Å². The van der Waals surface area contributed by atoms with Crippen LogP contribution in [0.1, 0.15) is 77.9 Å². The summed E-state index contributed by atoms with van der Waals surface area (Å²) in [5.74, 6) is 0.760. The number of pyridine rings is 1. The maximum absolute atomic E-state index is 12.3. The molecule has 1 heterocycles. The Labute approximate surface area is 166 Å². The molecule has 28 heavy (non-hydrogen) atoms. The van der Waals surface area contributed by atoms with Crippen LogP contribution >= 0.6 is 0 Å². The Morgan fingerprint density at radius 3 is 2.21 bits per heavy atom. The first-order valence-corrected chi connectivity index (χ1v) is 9.98. The zero-order valence-corrected chi connectivity index (χ0v) is 16.5. The van der Waals surface area contributed by atoms with Gasteiger partial charge in [0.15, 0.2) is 0 Å². The SMILES string of the molecule is CCCC1CCC(c2ccc(OC(=O)c3cccc(C(=O)OC)n3)cc2)CC1. The molecule has 0 saturated heterocycles. The minimum Gasteiger partial charge on any atom is -0.464 e. The number of aromatic nitrogens is 1.